The van der Waals surface area contributed by atoms with Gasteiger partial charge in [0.25, 0.3) is 11.8 Å². The van der Waals surface area contributed by atoms with E-state index in [0.717, 1.165) is 20.7 Å². The fourth-order valence-electron chi connectivity index (χ4n) is 5.00. The molecule has 1 unspecified atom stereocenters. The van der Waals surface area contributed by atoms with Gasteiger partial charge >= 0.3 is 0 Å². The van der Waals surface area contributed by atoms with Crippen LogP contribution in [0.25, 0.3) is 16.3 Å². The van der Waals surface area contributed by atoms with Gasteiger partial charge in [-0.2, -0.15) is 0 Å². The van der Waals surface area contributed by atoms with Crippen LogP contribution in [-0.4, -0.2) is 36.9 Å². The van der Waals surface area contributed by atoms with E-state index in [-0.39, 0.29) is 11.6 Å². The number of anilines is 2. The summed E-state index contributed by atoms with van der Waals surface area (Å²) in [5.41, 5.74) is 3.09. The number of hydrogen-bond donors (Lipinski definition) is 3. The first-order chi connectivity index (χ1) is 24.4. The molecule has 250 valence electrons. The van der Waals surface area contributed by atoms with Gasteiger partial charge in [-0.1, -0.05) is 72.0 Å². The zero-order valence-corrected chi connectivity index (χ0v) is 28.7. The third kappa shape index (κ3) is 8.38. The standard InChI is InChI=1S/C39H32N4O5S2/c1-47-29-19-22-33(48-2)27(23-29)24-32(41-36(44)26-13-7-4-8-14-26)37(45)40-28-17-20-30(21-18-28)49-35(25-11-5-3-6-12-25)38(46)43-39-42-31-15-9-10-16-34(31)50-39/h3-24,35H,1-2H3,(H,40,45)(H,41,44)(H,42,43,46)/b32-24-. The molecule has 0 fully saturated rings. The smallest absolute Gasteiger partial charge is 0.272 e. The minimum Gasteiger partial charge on any atom is -0.497 e. The normalized spacial score (nSPS) is 11.8. The predicted octanol–water partition coefficient (Wildman–Crippen LogP) is 8.20. The summed E-state index contributed by atoms with van der Waals surface area (Å²) in [6.45, 7) is 0. The molecule has 6 rings (SSSR count). The van der Waals surface area contributed by atoms with E-state index in [0.29, 0.717) is 33.4 Å². The number of nitrogens with zero attached hydrogens (tertiary/aromatic N) is 1. The van der Waals surface area contributed by atoms with Gasteiger partial charge in [0.15, 0.2) is 5.13 Å². The van der Waals surface area contributed by atoms with E-state index in [2.05, 4.69) is 20.9 Å². The zero-order chi connectivity index (χ0) is 34.9. The van der Waals surface area contributed by atoms with E-state index in [4.69, 9.17) is 9.47 Å². The maximum absolute atomic E-state index is 13.7. The summed E-state index contributed by atoms with van der Waals surface area (Å²) in [5.74, 6) is -0.142. The van der Waals surface area contributed by atoms with E-state index >= 15 is 0 Å². The Bertz CT molecular complexity index is 2120. The average Bonchev–Trinajstić information content (AvgIpc) is 3.57. The Labute approximate surface area is 297 Å². The summed E-state index contributed by atoms with van der Waals surface area (Å²) < 4.78 is 11.8. The van der Waals surface area contributed by atoms with E-state index < -0.39 is 17.1 Å². The molecule has 0 bridgehead atoms. The van der Waals surface area contributed by atoms with Crippen molar-refractivity contribution in [2.75, 3.05) is 24.9 Å². The molecule has 1 atom stereocenters. The highest BCUT2D eigenvalue weighted by molar-refractivity contribution is 8.00. The lowest BCUT2D eigenvalue weighted by molar-refractivity contribution is -0.116. The first kappa shape index (κ1) is 34.0. The number of fused-ring (bicyclic) bond motifs is 1. The molecule has 0 spiro atoms. The first-order valence-corrected chi connectivity index (χ1v) is 17.2. The second kappa shape index (κ2) is 16.0. The molecule has 1 heterocycles. The molecule has 0 radical (unpaired) electrons. The van der Waals surface area contributed by atoms with Gasteiger partial charge in [0.05, 0.1) is 24.4 Å². The molecule has 3 amide bonds. The molecular weight excluding hydrogens is 669 g/mol. The van der Waals surface area contributed by atoms with E-state index in [1.165, 1.54) is 36.3 Å². The molecule has 5 aromatic carbocycles. The van der Waals surface area contributed by atoms with Crippen LogP contribution in [0.1, 0.15) is 26.7 Å². The summed E-state index contributed by atoms with van der Waals surface area (Å²) in [4.78, 5) is 45.8. The van der Waals surface area contributed by atoms with Gasteiger partial charge in [0, 0.05) is 21.7 Å². The maximum Gasteiger partial charge on any atom is 0.272 e. The number of carbonyl (C=O) groups is 3. The van der Waals surface area contributed by atoms with Gasteiger partial charge in [0.1, 0.15) is 22.4 Å². The highest BCUT2D eigenvalue weighted by Gasteiger charge is 2.24. The third-order valence-electron chi connectivity index (χ3n) is 7.50. The number of methoxy groups -OCH3 is 2. The lowest BCUT2D eigenvalue weighted by Gasteiger charge is -2.17. The van der Waals surface area contributed by atoms with Crippen molar-refractivity contribution in [3.8, 4) is 11.5 Å². The van der Waals surface area contributed by atoms with Gasteiger partial charge in [0.2, 0.25) is 5.91 Å². The lowest BCUT2D eigenvalue weighted by atomic mass is 10.1. The molecule has 50 heavy (non-hydrogen) atoms. The largest absolute Gasteiger partial charge is 0.497 e. The Morgan fingerprint density at radius 1 is 0.780 bits per heavy atom. The van der Waals surface area contributed by atoms with Crippen molar-refractivity contribution in [2.45, 2.75) is 10.1 Å². The molecular formula is C39H32N4O5S2. The van der Waals surface area contributed by atoms with Gasteiger partial charge in [-0.25, -0.2) is 4.98 Å². The Hall–Kier alpha value is -5.91. The van der Waals surface area contributed by atoms with E-state index in [1.807, 2.05) is 66.7 Å². The highest BCUT2D eigenvalue weighted by atomic mass is 32.2. The zero-order valence-electron chi connectivity index (χ0n) is 27.1. The molecule has 1 aromatic heterocycles. The molecule has 3 N–H and O–H groups in total. The molecule has 11 heteroatoms. The number of nitrogens with one attached hydrogen (secondary N) is 3. The van der Waals surface area contributed by atoms with Crippen LogP contribution in [0.2, 0.25) is 0 Å². The molecule has 0 saturated carbocycles. The number of aromatic nitrogens is 1. The molecule has 0 saturated heterocycles. The van der Waals surface area contributed by atoms with Crippen molar-refractivity contribution in [3.63, 3.8) is 0 Å². The average molecular weight is 701 g/mol. The van der Waals surface area contributed by atoms with Crippen molar-refractivity contribution in [3.05, 3.63) is 150 Å². The summed E-state index contributed by atoms with van der Waals surface area (Å²) in [6, 6.07) is 38.2. The number of thiazole rings is 1. The monoisotopic (exact) mass is 700 g/mol. The quantitative estimate of drug-likeness (QED) is 0.0870. The Balaban J connectivity index is 1.21. The number of ether oxygens (including phenoxy) is 2. The summed E-state index contributed by atoms with van der Waals surface area (Å²) in [7, 11) is 3.06. The number of hydrogen-bond acceptors (Lipinski definition) is 8. The van der Waals surface area contributed by atoms with Crippen LogP contribution >= 0.6 is 23.1 Å². The van der Waals surface area contributed by atoms with Crippen LogP contribution in [0.4, 0.5) is 10.8 Å². The van der Waals surface area contributed by atoms with Crippen molar-refractivity contribution >= 4 is 67.9 Å². The SMILES string of the molecule is COc1ccc(OC)c(/C=C(\NC(=O)c2ccccc2)C(=O)Nc2ccc(SC(C(=O)Nc3nc4ccccc4s3)c3ccccc3)cc2)c1. The summed E-state index contributed by atoms with van der Waals surface area (Å²) in [6.07, 6.45) is 1.54. The van der Waals surface area contributed by atoms with Crippen LogP contribution in [-0.2, 0) is 9.59 Å². The molecule has 9 nitrogen and oxygen atoms in total. The Kier molecular flexibility index (Phi) is 10.9. The number of benzene rings is 5. The number of carbonyl (C=O) groups excluding carboxylic acids is 3. The van der Waals surface area contributed by atoms with Crippen molar-refractivity contribution in [1.82, 2.24) is 10.3 Å². The fourth-order valence-corrected chi connectivity index (χ4v) is 6.89. The van der Waals surface area contributed by atoms with Gasteiger partial charge in [-0.15, -0.1) is 11.8 Å². The van der Waals surface area contributed by atoms with Gasteiger partial charge in [-0.05, 0) is 78.4 Å². The van der Waals surface area contributed by atoms with Gasteiger partial charge in [-0.3, -0.25) is 14.4 Å². The van der Waals surface area contributed by atoms with Crippen LogP contribution < -0.4 is 25.4 Å². The maximum atomic E-state index is 13.7. The van der Waals surface area contributed by atoms with Crippen LogP contribution in [0.3, 0.4) is 0 Å². The first-order valence-electron chi connectivity index (χ1n) is 15.5. The Morgan fingerprint density at radius 3 is 2.18 bits per heavy atom. The third-order valence-corrected chi connectivity index (χ3v) is 9.71. The second-order valence-electron chi connectivity index (χ2n) is 10.8. The minimum absolute atomic E-state index is 0.000446. The van der Waals surface area contributed by atoms with E-state index in [1.54, 1.807) is 67.8 Å². The van der Waals surface area contributed by atoms with Crippen LogP contribution in [0, 0.1) is 0 Å². The Morgan fingerprint density at radius 2 is 1.48 bits per heavy atom. The molecule has 0 aliphatic rings. The summed E-state index contributed by atoms with van der Waals surface area (Å²) >= 11 is 2.81. The minimum atomic E-state index is -0.566. The van der Waals surface area contributed by atoms with Crippen LogP contribution in [0.15, 0.2) is 138 Å². The fraction of sp³-hybridized carbons (Fsp3) is 0.0769. The lowest BCUT2D eigenvalue weighted by Crippen LogP contribution is -2.30. The second-order valence-corrected chi connectivity index (χ2v) is 13.1. The molecule has 0 aliphatic carbocycles. The number of thioether (sulfide) groups is 1. The number of amides is 3. The number of para-hydroxylation sites is 1. The number of rotatable bonds is 12. The summed E-state index contributed by atoms with van der Waals surface area (Å²) in [5, 5.41) is 8.59. The van der Waals surface area contributed by atoms with Gasteiger partial charge < -0.3 is 25.4 Å². The van der Waals surface area contributed by atoms with Crippen molar-refractivity contribution in [1.29, 1.82) is 0 Å². The van der Waals surface area contributed by atoms with Crippen molar-refractivity contribution < 1.29 is 23.9 Å². The van der Waals surface area contributed by atoms with E-state index in [9.17, 15) is 14.4 Å². The highest BCUT2D eigenvalue weighted by Crippen LogP contribution is 2.37. The van der Waals surface area contributed by atoms with Crippen molar-refractivity contribution in [2.24, 2.45) is 0 Å². The van der Waals surface area contributed by atoms with Crippen LogP contribution in [0.5, 0.6) is 11.5 Å². The molecule has 6 aromatic rings. The molecule has 0 aliphatic heterocycles. The predicted molar refractivity (Wildman–Crippen MR) is 200 cm³/mol. The topological polar surface area (TPSA) is 119 Å².